The Morgan fingerprint density at radius 1 is 1.35 bits per heavy atom. The first-order chi connectivity index (χ1) is 9.57. The Bertz CT molecular complexity index is 743. The number of nitrogens with one attached hydrogen (secondary N) is 2. The van der Waals surface area contributed by atoms with Gasteiger partial charge in [-0.05, 0) is 43.5 Å². The van der Waals surface area contributed by atoms with Crippen molar-refractivity contribution in [3.63, 3.8) is 0 Å². The Balaban J connectivity index is 1.85. The number of H-pyrrole nitrogens is 1. The molecule has 3 aromatic rings. The second-order valence-electron chi connectivity index (χ2n) is 5.23. The lowest BCUT2D eigenvalue weighted by Gasteiger charge is -2.22. The van der Waals surface area contributed by atoms with Crippen LogP contribution >= 0.6 is 11.3 Å². The molecule has 0 saturated heterocycles. The predicted octanol–water partition coefficient (Wildman–Crippen LogP) is 3.54. The molecule has 1 amide bonds. The summed E-state index contributed by atoms with van der Waals surface area (Å²) in [5.74, 6) is -0.0150. The SMILES string of the molecule is CC(C)(C(=O)Nc1ccc2cn[nH]c2c1)c1cccs1. The Labute approximate surface area is 120 Å². The van der Waals surface area contributed by atoms with Crippen LogP contribution in [0.3, 0.4) is 0 Å². The zero-order chi connectivity index (χ0) is 14.2. The van der Waals surface area contributed by atoms with Gasteiger partial charge in [-0.3, -0.25) is 9.89 Å². The quantitative estimate of drug-likeness (QED) is 0.773. The molecule has 4 nitrogen and oxygen atoms in total. The molecule has 2 aromatic heterocycles. The number of hydrogen-bond acceptors (Lipinski definition) is 3. The van der Waals surface area contributed by atoms with Gasteiger partial charge in [-0.1, -0.05) is 6.07 Å². The number of aromatic nitrogens is 2. The molecule has 0 bridgehead atoms. The summed E-state index contributed by atoms with van der Waals surface area (Å²) in [6, 6.07) is 9.67. The minimum atomic E-state index is -0.545. The summed E-state index contributed by atoms with van der Waals surface area (Å²) in [4.78, 5) is 13.5. The number of hydrogen-bond donors (Lipinski definition) is 2. The maximum atomic E-state index is 12.5. The van der Waals surface area contributed by atoms with Gasteiger partial charge in [-0.25, -0.2) is 0 Å². The van der Waals surface area contributed by atoms with Crippen molar-refractivity contribution in [3.05, 3.63) is 46.8 Å². The molecule has 0 unspecified atom stereocenters. The number of thiophene rings is 1. The van der Waals surface area contributed by atoms with E-state index in [0.717, 1.165) is 21.5 Å². The van der Waals surface area contributed by atoms with E-state index in [1.54, 1.807) is 17.5 Å². The number of anilines is 1. The van der Waals surface area contributed by atoms with Crippen LogP contribution < -0.4 is 5.32 Å². The topological polar surface area (TPSA) is 57.8 Å². The fourth-order valence-electron chi connectivity index (χ4n) is 2.05. The molecule has 2 N–H and O–H groups in total. The van der Waals surface area contributed by atoms with Crippen LogP contribution in [-0.4, -0.2) is 16.1 Å². The monoisotopic (exact) mass is 285 g/mol. The van der Waals surface area contributed by atoms with Gasteiger partial charge in [0.25, 0.3) is 0 Å². The maximum absolute atomic E-state index is 12.5. The summed E-state index contributed by atoms with van der Waals surface area (Å²) in [6.07, 6.45) is 1.76. The number of carbonyl (C=O) groups is 1. The number of benzene rings is 1. The Morgan fingerprint density at radius 2 is 2.20 bits per heavy atom. The largest absolute Gasteiger partial charge is 0.325 e. The molecule has 102 valence electrons. The fraction of sp³-hybridized carbons (Fsp3) is 0.200. The van der Waals surface area contributed by atoms with Crippen LogP contribution in [0.5, 0.6) is 0 Å². The minimum absolute atomic E-state index is 0.0150. The summed E-state index contributed by atoms with van der Waals surface area (Å²) in [5, 5.41) is 12.9. The van der Waals surface area contributed by atoms with Crippen molar-refractivity contribution in [2.75, 3.05) is 5.32 Å². The van der Waals surface area contributed by atoms with Crippen molar-refractivity contribution < 1.29 is 4.79 Å². The highest BCUT2D eigenvalue weighted by Crippen LogP contribution is 2.29. The van der Waals surface area contributed by atoms with Gasteiger partial charge in [0.2, 0.25) is 5.91 Å². The van der Waals surface area contributed by atoms with Gasteiger partial charge in [0.15, 0.2) is 0 Å². The lowest BCUT2D eigenvalue weighted by Crippen LogP contribution is -2.33. The first kappa shape index (κ1) is 12.9. The van der Waals surface area contributed by atoms with Crippen molar-refractivity contribution in [1.29, 1.82) is 0 Å². The van der Waals surface area contributed by atoms with E-state index in [1.165, 1.54) is 0 Å². The molecular weight excluding hydrogens is 270 g/mol. The van der Waals surface area contributed by atoms with E-state index in [4.69, 9.17) is 0 Å². The smallest absolute Gasteiger partial charge is 0.235 e. The highest BCUT2D eigenvalue weighted by atomic mass is 32.1. The molecule has 0 aliphatic carbocycles. The first-order valence-electron chi connectivity index (χ1n) is 6.36. The number of rotatable bonds is 3. The molecule has 20 heavy (non-hydrogen) atoms. The van der Waals surface area contributed by atoms with Crippen LogP contribution in [0.4, 0.5) is 5.69 Å². The molecule has 2 heterocycles. The average molecular weight is 285 g/mol. The van der Waals surface area contributed by atoms with Crippen LogP contribution in [0.1, 0.15) is 18.7 Å². The summed E-state index contributed by atoms with van der Waals surface area (Å²) in [7, 11) is 0. The second kappa shape index (κ2) is 4.76. The van der Waals surface area contributed by atoms with Crippen molar-refractivity contribution in [3.8, 4) is 0 Å². The van der Waals surface area contributed by atoms with Crippen molar-refractivity contribution in [1.82, 2.24) is 10.2 Å². The highest BCUT2D eigenvalue weighted by molar-refractivity contribution is 7.10. The number of aromatic amines is 1. The third-order valence-electron chi connectivity index (χ3n) is 3.40. The predicted molar refractivity (Wildman–Crippen MR) is 82.1 cm³/mol. The summed E-state index contributed by atoms with van der Waals surface area (Å²) in [6.45, 7) is 3.87. The van der Waals surface area contributed by atoms with Gasteiger partial charge in [0.05, 0.1) is 17.1 Å². The van der Waals surface area contributed by atoms with Gasteiger partial charge in [0, 0.05) is 16.0 Å². The molecule has 3 rings (SSSR count). The van der Waals surface area contributed by atoms with E-state index >= 15 is 0 Å². The minimum Gasteiger partial charge on any atom is -0.325 e. The van der Waals surface area contributed by atoms with Gasteiger partial charge in [-0.15, -0.1) is 11.3 Å². The van der Waals surface area contributed by atoms with Crippen LogP contribution in [0, 0.1) is 0 Å². The van der Waals surface area contributed by atoms with Crippen LogP contribution in [0.25, 0.3) is 10.9 Å². The summed E-state index contributed by atoms with van der Waals surface area (Å²) < 4.78 is 0. The summed E-state index contributed by atoms with van der Waals surface area (Å²) >= 11 is 1.60. The average Bonchev–Trinajstić information content (AvgIpc) is 3.09. The molecule has 0 fully saturated rings. The lowest BCUT2D eigenvalue weighted by atomic mass is 9.90. The molecule has 0 radical (unpaired) electrons. The lowest BCUT2D eigenvalue weighted by molar-refractivity contribution is -0.120. The zero-order valence-electron chi connectivity index (χ0n) is 11.3. The van der Waals surface area contributed by atoms with Crippen molar-refractivity contribution in [2.24, 2.45) is 0 Å². The van der Waals surface area contributed by atoms with Gasteiger partial charge >= 0.3 is 0 Å². The molecule has 5 heteroatoms. The van der Waals surface area contributed by atoms with E-state index in [2.05, 4.69) is 15.5 Å². The normalized spacial score (nSPS) is 11.7. The molecule has 0 saturated carbocycles. The van der Waals surface area contributed by atoms with Crippen LogP contribution in [-0.2, 0) is 10.2 Å². The first-order valence-corrected chi connectivity index (χ1v) is 7.24. The Morgan fingerprint density at radius 3 is 2.95 bits per heavy atom. The van der Waals surface area contributed by atoms with E-state index in [-0.39, 0.29) is 5.91 Å². The second-order valence-corrected chi connectivity index (χ2v) is 6.18. The number of carbonyl (C=O) groups excluding carboxylic acids is 1. The zero-order valence-corrected chi connectivity index (χ0v) is 12.1. The molecule has 0 spiro atoms. The summed E-state index contributed by atoms with van der Waals surface area (Å²) in [5.41, 5.74) is 1.14. The Hall–Kier alpha value is -2.14. The highest BCUT2D eigenvalue weighted by Gasteiger charge is 2.30. The number of fused-ring (bicyclic) bond motifs is 1. The molecule has 0 aliphatic rings. The van der Waals surface area contributed by atoms with Crippen LogP contribution in [0.15, 0.2) is 41.9 Å². The maximum Gasteiger partial charge on any atom is 0.235 e. The van der Waals surface area contributed by atoms with E-state index in [1.807, 2.05) is 49.6 Å². The molecule has 0 aliphatic heterocycles. The standard InChI is InChI=1S/C15H15N3OS/c1-15(2,13-4-3-7-20-13)14(19)17-11-6-5-10-9-16-18-12(10)8-11/h3-9H,1-2H3,(H,16,18)(H,17,19). The van der Waals surface area contributed by atoms with E-state index in [9.17, 15) is 4.79 Å². The fourth-order valence-corrected chi connectivity index (χ4v) is 2.90. The third-order valence-corrected chi connectivity index (χ3v) is 4.60. The molecule has 0 atom stereocenters. The van der Waals surface area contributed by atoms with Crippen molar-refractivity contribution in [2.45, 2.75) is 19.3 Å². The van der Waals surface area contributed by atoms with Gasteiger partial charge < -0.3 is 5.32 Å². The molecule has 1 aromatic carbocycles. The van der Waals surface area contributed by atoms with Gasteiger partial charge in [0.1, 0.15) is 0 Å². The van der Waals surface area contributed by atoms with Gasteiger partial charge in [-0.2, -0.15) is 5.10 Å². The number of nitrogens with zero attached hydrogens (tertiary/aromatic N) is 1. The molecular formula is C15H15N3OS. The van der Waals surface area contributed by atoms with E-state index in [0.29, 0.717) is 0 Å². The van der Waals surface area contributed by atoms with E-state index < -0.39 is 5.41 Å². The van der Waals surface area contributed by atoms with Crippen LogP contribution in [0.2, 0.25) is 0 Å². The van der Waals surface area contributed by atoms with Crippen molar-refractivity contribution >= 4 is 33.8 Å². The third kappa shape index (κ3) is 2.20. The number of amides is 1. The Kier molecular flexibility index (Phi) is 3.06.